The maximum Gasteiger partial charge on any atom is 0.254 e. The van der Waals surface area contributed by atoms with Crippen molar-refractivity contribution in [2.75, 3.05) is 13.7 Å². The number of nitrogens with zero attached hydrogens (tertiary/aromatic N) is 1. The molecular weight excluding hydrogens is 366 g/mol. The monoisotopic (exact) mass is 395 g/mol. The van der Waals surface area contributed by atoms with Gasteiger partial charge in [-0.3, -0.25) is 4.79 Å². The Morgan fingerprint density at radius 3 is 2.72 bits per heavy atom. The number of ether oxygens (including phenoxy) is 1. The first-order valence-electron chi connectivity index (χ1n) is 10.4. The van der Waals surface area contributed by atoms with Gasteiger partial charge in [-0.1, -0.05) is 37.1 Å². The quantitative estimate of drug-likeness (QED) is 0.816. The van der Waals surface area contributed by atoms with Gasteiger partial charge >= 0.3 is 0 Å². The third kappa shape index (κ3) is 3.48. The minimum atomic E-state index is -0.753. The second kappa shape index (κ2) is 7.71. The summed E-state index contributed by atoms with van der Waals surface area (Å²) in [5.74, 6) is 0.415. The molecular formula is C24H29NO4. The fourth-order valence-electron chi connectivity index (χ4n) is 5.17. The van der Waals surface area contributed by atoms with E-state index >= 15 is 0 Å². The summed E-state index contributed by atoms with van der Waals surface area (Å²) in [4.78, 5) is 15.5. The highest BCUT2D eigenvalue weighted by atomic mass is 16.5. The SMILES string of the molecule is COc1cc([C@@H]2[C@@H]3CCCC[C@]3(O)CCN2C(=O)c2ccccc2C)ccc1O. The van der Waals surface area contributed by atoms with Gasteiger partial charge in [0, 0.05) is 18.0 Å². The molecule has 0 aromatic heterocycles. The maximum absolute atomic E-state index is 13.6. The van der Waals surface area contributed by atoms with Gasteiger partial charge in [-0.25, -0.2) is 0 Å². The molecule has 2 aromatic carbocycles. The second-order valence-electron chi connectivity index (χ2n) is 8.40. The van der Waals surface area contributed by atoms with Crippen molar-refractivity contribution >= 4 is 5.91 Å². The molecule has 1 heterocycles. The van der Waals surface area contributed by atoms with Crippen LogP contribution in [0.5, 0.6) is 11.5 Å². The molecule has 0 radical (unpaired) electrons. The first-order chi connectivity index (χ1) is 13.9. The van der Waals surface area contributed by atoms with E-state index in [4.69, 9.17) is 4.74 Å². The lowest BCUT2D eigenvalue weighted by Gasteiger charge is -2.52. The van der Waals surface area contributed by atoms with E-state index in [1.54, 1.807) is 12.1 Å². The lowest BCUT2D eigenvalue weighted by molar-refractivity contribution is -0.115. The minimum absolute atomic E-state index is 0.00670. The van der Waals surface area contributed by atoms with Crippen molar-refractivity contribution < 1.29 is 19.7 Å². The van der Waals surface area contributed by atoms with Crippen LogP contribution < -0.4 is 4.74 Å². The summed E-state index contributed by atoms with van der Waals surface area (Å²) in [5, 5.41) is 21.5. The number of rotatable bonds is 3. The predicted molar refractivity (Wildman–Crippen MR) is 111 cm³/mol. The van der Waals surface area contributed by atoms with Crippen LogP contribution in [0, 0.1) is 12.8 Å². The van der Waals surface area contributed by atoms with Crippen molar-refractivity contribution in [2.45, 2.75) is 50.7 Å². The molecule has 0 unspecified atom stereocenters. The zero-order chi connectivity index (χ0) is 20.6. The lowest BCUT2D eigenvalue weighted by Crippen LogP contribution is -2.56. The van der Waals surface area contributed by atoms with Crippen LogP contribution in [-0.4, -0.2) is 40.3 Å². The number of phenolic OH excluding ortho intramolecular Hbond substituents is 1. The van der Waals surface area contributed by atoms with Gasteiger partial charge < -0.3 is 19.8 Å². The number of phenols is 1. The summed E-state index contributed by atoms with van der Waals surface area (Å²) in [6.45, 7) is 2.46. The van der Waals surface area contributed by atoms with Gasteiger partial charge in [0.2, 0.25) is 0 Å². The van der Waals surface area contributed by atoms with E-state index in [2.05, 4.69) is 0 Å². The Bertz CT molecular complexity index is 912. The standard InChI is InChI=1S/C24H29NO4/c1-16-7-3-4-8-18(16)23(27)25-14-13-24(28)12-6-5-9-19(24)22(25)17-10-11-20(26)21(15-17)29-2/h3-4,7-8,10-11,15,19,22,26,28H,5-6,9,12-14H2,1-2H3/t19-,22+,24-/m0/s1. The number of aliphatic hydroxyl groups is 1. The van der Waals surface area contributed by atoms with Gasteiger partial charge in [0.15, 0.2) is 11.5 Å². The van der Waals surface area contributed by atoms with Crippen LogP contribution in [0.1, 0.15) is 59.6 Å². The number of carbonyl (C=O) groups excluding carboxylic acids is 1. The van der Waals surface area contributed by atoms with E-state index in [0.29, 0.717) is 24.3 Å². The van der Waals surface area contributed by atoms with E-state index < -0.39 is 5.60 Å². The highest BCUT2D eigenvalue weighted by molar-refractivity contribution is 5.96. The number of amides is 1. The average Bonchev–Trinajstić information content (AvgIpc) is 2.73. The molecule has 5 heteroatoms. The van der Waals surface area contributed by atoms with E-state index in [1.807, 2.05) is 42.2 Å². The number of benzene rings is 2. The van der Waals surface area contributed by atoms with E-state index in [9.17, 15) is 15.0 Å². The lowest BCUT2D eigenvalue weighted by atomic mass is 9.66. The van der Waals surface area contributed by atoms with E-state index in [0.717, 1.165) is 36.8 Å². The number of aryl methyl sites for hydroxylation is 1. The Kier molecular flexibility index (Phi) is 5.26. The number of fused-ring (bicyclic) bond motifs is 1. The molecule has 1 aliphatic heterocycles. The molecule has 3 atom stereocenters. The first-order valence-corrected chi connectivity index (χ1v) is 10.4. The van der Waals surface area contributed by atoms with Crippen LogP contribution in [0.4, 0.5) is 0 Å². The Balaban J connectivity index is 1.79. The van der Waals surface area contributed by atoms with Gasteiger partial charge in [-0.05, 0) is 55.5 Å². The Morgan fingerprint density at radius 1 is 1.17 bits per heavy atom. The van der Waals surface area contributed by atoms with Crippen LogP contribution in [0.25, 0.3) is 0 Å². The van der Waals surface area contributed by atoms with Crippen LogP contribution >= 0.6 is 0 Å². The number of hydrogen-bond donors (Lipinski definition) is 2. The number of carbonyl (C=O) groups is 1. The van der Waals surface area contributed by atoms with Crippen molar-refractivity contribution in [1.29, 1.82) is 0 Å². The third-order valence-electron chi connectivity index (χ3n) is 6.75. The van der Waals surface area contributed by atoms with Crippen molar-refractivity contribution in [3.05, 3.63) is 59.2 Å². The molecule has 0 bridgehead atoms. The summed E-state index contributed by atoms with van der Waals surface area (Å²) >= 11 is 0. The molecule has 1 aliphatic carbocycles. The number of hydrogen-bond acceptors (Lipinski definition) is 4. The molecule has 1 saturated carbocycles. The predicted octanol–water partition coefficient (Wildman–Crippen LogP) is 4.22. The largest absolute Gasteiger partial charge is 0.504 e. The molecule has 0 spiro atoms. The maximum atomic E-state index is 13.6. The molecule has 2 aliphatic rings. The van der Waals surface area contributed by atoms with Crippen molar-refractivity contribution in [2.24, 2.45) is 5.92 Å². The third-order valence-corrected chi connectivity index (χ3v) is 6.75. The topological polar surface area (TPSA) is 70.0 Å². The average molecular weight is 395 g/mol. The summed E-state index contributed by atoms with van der Waals surface area (Å²) in [6, 6.07) is 12.7. The fraction of sp³-hybridized carbons (Fsp3) is 0.458. The van der Waals surface area contributed by atoms with Crippen molar-refractivity contribution in [3.63, 3.8) is 0 Å². The molecule has 29 heavy (non-hydrogen) atoms. The molecule has 154 valence electrons. The van der Waals surface area contributed by atoms with Crippen LogP contribution in [0.2, 0.25) is 0 Å². The highest BCUT2D eigenvalue weighted by Crippen LogP contribution is 2.50. The molecule has 2 N–H and O–H groups in total. The van der Waals surface area contributed by atoms with Gasteiger partial charge in [0.05, 0.1) is 18.8 Å². The zero-order valence-electron chi connectivity index (χ0n) is 17.1. The highest BCUT2D eigenvalue weighted by Gasteiger charge is 2.50. The molecule has 1 saturated heterocycles. The first kappa shape index (κ1) is 19.8. The van der Waals surface area contributed by atoms with Gasteiger partial charge in [0.1, 0.15) is 0 Å². The van der Waals surface area contributed by atoms with Gasteiger partial charge in [-0.15, -0.1) is 0 Å². The van der Waals surface area contributed by atoms with Gasteiger partial charge in [0.25, 0.3) is 5.91 Å². The van der Waals surface area contributed by atoms with Crippen LogP contribution in [0.3, 0.4) is 0 Å². The zero-order valence-corrected chi connectivity index (χ0v) is 17.1. The van der Waals surface area contributed by atoms with Crippen LogP contribution in [0.15, 0.2) is 42.5 Å². The van der Waals surface area contributed by atoms with E-state index in [1.165, 1.54) is 7.11 Å². The Labute approximate surface area is 171 Å². The van der Waals surface area contributed by atoms with Crippen molar-refractivity contribution in [3.8, 4) is 11.5 Å². The Morgan fingerprint density at radius 2 is 1.97 bits per heavy atom. The smallest absolute Gasteiger partial charge is 0.254 e. The fourth-order valence-corrected chi connectivity index (χ4v) is 5.17. The summed E-state index contributed by atoms with van der Waals surface area (Å²) < 4.78 is 5.32. The number of methoxy groups -OCH3 is 1. The molecule has 5 nitrogen and oxygen atoms in total. The van der Waals surface area contributed by atoms with E-state index in [-0.39, 0.29) is 23.6 Å². The summed E-state index contributed by atoms with van der Waals surface area (Å²) in [6.07, 6.45) is 4.31. The summed E-state index contributed by atoms with van der Waals surface area (Å²) in [5.41, 5.74) is 1.79. The Hall–Kier alpha value is -2.53. The normalized spacial score (nSPS) is 26.7. The number of aromatic hydroxyl groups is 1. The number of piperidine rings is 1. The summed E-state index contributed by atoms with van der Waals surface area (Å²) in [7, 11) is 1.52. The molecule has 4 rings (SSSR count). The number of likely N-dealkylation sites (tertiary alicyclic amines) is 1. The molecule has 1 amide bonds. The van der Waals surface area contributed by atoms with Crippen molar-refractivity contribution in [1.82, 2.24) is 4.90 Å². The molecule has 2 fully saturated rings. The van der Waals surface area contributed by atoms with Crippen LogP contribution in [-0.2, 0) is 0 Å². The second-order valence-corrected chi connectivity index (χ2v) is 8.40. The van der Waals surface area contributed by atoms with Gasteiger partial charge in [-0.2, -0.15) is 0 Å². The molecule has 2 aromatic rings. The minimum Gasteiger partial charge on any atom is -0.504 e.